The summed E-state index contributed by atoms with van der Waals surface area (Å²) in [7, 11) is -4.44. The Morgan fingerprint density at radius 2 is 1.76 bits per heavy atom. The summed E-state index contributed by atoms with van der Waals surface area (Å²) in [5, 5.41) is 8.79. The Morgan fingerprint density at radius 3 is 2.12 bits per heavy atom. The Kier molecular flexibility index (Phi) is 3.31. The Balaban J connectivity index is 3.60. The van der Waals surface area contributed by atoms with Crippen LogP contribution in [0.4, 0.5) is 0 Å². The molecule has 0 saturated carbocycles. The fraction of sp³-hybridized carbons (Fsp3) is 0.364. The Hall–Kier alpha value is -1.40. The molecular weight excluding hydrogens is 244 g/mol. The molecule has 0 heterocycles. The van der Waals surface area contributed by atoms with E-state index in [4.69, 9.17) is 9.66 Å². The Morgan fingerprint density at radius 1 is 1.24 bits per heavy atom. The smallest absolute Gasteiger partial charge is 0.335 e. The van der Waals surface area contributed by atoms with Gasteiger partial charge in [-0.2, -0.15) is 8.42 Å². The van der Waals surface area contributed by atoms with E-state index in [0.29, 0.717) is 5.56 Å². The largest absolute Gasteiger partial charge is 0.478 e. The molecule has 0 radical (unpaired) electrons. The van der Waals surface area contributed by atoms with Gasteiger partial charge in [0.05, 0.1) is 10.5 Å². The number of carboxylic acids is 1. The summed E-state index contributed by atoms with van der Waals surface area (Å²) >= 11 is 0. The van der Waals surface area contributed by atoms with E-state index in [2.05, 4.69) is 0 Å². The van der Waals surface area contributed by atoms with Gasteiger partial charge in [-0.1, -0.05) is 26.8 Å². The molecule has 0 unspecified atom stereocenters. The first-order chi connectivity index (χ1) is 7.53. The number of rotatable bonds is 2. The minimum atomic E-state index is -4.44. The van der Waals surface area contributed by atoms with Crippen LogP contribution in [0.3, 0.4) is 0 Å². The van der Waals surface area contributed by atoms with Crippen molar-refractivity contribution in [2.45, 2.75) is 31.1 Å². The third-order valence-electron chi connectivity index (χ3n) is 2.31. The van der Waals surface area contributed by atoms with Crippen molar-refractivity contribution in [2.24, 2.45) is 0 Å². The van der Waals surface area contributed by atoms with Gasteiger partial charge in [0.2, 0.25) is 0 Å². The summed E-state index contributed by atoms with van der Waals surface area (Å²) < 4.78 is 31.6. The predicted molar refractivity (Wildman–Crippen MR) is 61.9 cm³/mol. The van der Waals surface area contributed by atoms with Gasteiger partial charge in [-0.3, -0.25) is 4.55 Å². The van der Waals surface area contributed by atoms with Crippen LogP contribution in [0.1, 0.15) is 36.7 Å². The van der Waals surface area contributed by atoms with E-state index in [1.165, 1.54) is 12.1 Å². The summed E-state index contributed by atoms with van der Waals surface area (Å²) in [5.74, 6) is -1.24. The van der Waals surface area contributed by atoms with Gasteiger partial charge in [-0.05, 0) is 23.1 Å². The molecule has 94 valence electrons. The van der Waals surface area contributed by atoms with Crippen molar-refractivity contribution in [1.29, 1.82) is 0 Å². The fourth-order valence-corrected chi connectivity index (χ4v) is 2.42. The molecule has 0 fully saturated rings. The fourth-order valence-electron chi connectivity index (χ4n) is 1.49. The van der Waals surface area contributed by atoms with Crippen molar-refractivity contribution in [3.63, 3.8) is 0 Å². The summed E-state index contributed by atoms with van der Waals surface area (Å²) in [6.45, 7) is 5.33. The molecule has 0 saturated heterocycles. The van der Waals surface area contributed by atoms with Gasteiger partial charge in [-0.25, -0.2) is 4.79 Å². The lowest BCUT2D eigenvalue weighted by Gasteiger charge is -2.21. The molecule has 0 aliphatic heterocycles. The van der Waals surface area contributed by atoms with E-state index in [9.17, 15) is 13.2 Å². The van der Waals surface area contributed by atoms with E-state index in [1.807, 2.05) is 0 Å². The van der Waals surface area contributed by atoms with Gasteiger partial charge in [0, 0.05) is 0 Å². The molecule has 0 bridgehead atoms. The maximum absolute atomic E-state index is 11.2. The van der Waals surface area contributed by atoms with Crippen molar-refractivity contribution >= 4 is 16.1 Å². The van der Waals surface area contributed by atoms with Crippen molar-refractivity contribution in [3.05, 3.63) is 29.3 Å². The molecule has 1 aromatic rings. The zero-order valence-corrected chi connectivity index (χ0v) is 10.6. The van der Waals surface area contributed by atoms with Crippen LogP contribution in [0, 0.1) is 0 Å². The standard InChI is InChI=1S/C11H14O5S/c1-11(2,3)8-5-4-7(10(12)13)6-9(8)17(14,15)16/h4-6H,1-3H3,(H,12,13)(H,14,15,16). The first kappa shape index (κ1) is 13.7. The molecule has 0 amide bonds. The Labute approximate surface area is 99.8 Å². The van der Waals surface area contributed by atoms with Gasteiger partial charge >= 0.3 is 5.97 Å². The van der Waals surface area contributed by atoms with Crippen LogP contribution in [-0.2, 0) is 15.5 Å². The molecule has 0 spiro atoms. The number of hydrogen-bond donors (Lipinski definition) is 2. The van der Waals surface area contributed by atoms with Crippen molar-refractivity contribution in [3.8, 4) is 0 Å². The highest BCUT2D eigenvalue weighted by molar-refractivity contribution is 7.85. The summed E-state index contributed by atoms with van der Waals surface area (Å²) in [6.07, 6.45) is 0. The summed E-state index contributed by atoms with van der Waals surface area (Å²) in [6, 6.07) is 3.70. The highest BCUT2D eigenvalue weighted by Gasteiger charge is 2.25. The van der Waals surface area contributed by atoms with Crippen LogP contribution in [0.5, 0.6) is 0 Å². The maximum atomic E-state index is 11.2. The molecule has 6 heteroatoms. The first-order valence-electron chi connectivity index (χ1n) is 4.89. The normalized spacial score (nSPS) is 12.5. The van der Waals surface area contributed by atoms with Crippen molar-refractivity contribution < 1.29 is 22.9 Å². The molecule has 5 nitrogen and oxygen atoms in total. The highest BCUT2D eigenvalue weighted by atomic mass is 32.2. The monoisotopic (exact) mass is 258 g/mol. The van der Waals surface area contributed by atoms with Crippen LogP contribution in [0.25, 0.3) is 0 Å². The Bertz CT molecular complexity index is 552. The van der Waals surface area contributed by atoms with E-state index in [0.717, 1.165) is 6.07 Å². The van der Waals surface area contributed by atoms with Gasteiger partial charge in [-0.15, -0.1) is 0 Å². The maximum Gasteiger partial charge on any atom is 0.335 e. The zero-order valence-electron chi connectivity index (χ0n) is 9.76. The predicted octanol–water partition coefficient (Wildman–Crippen LogP) is 1.93. The second-order valence-corrected chi connectivity index (χ2v) is 6.13. The van der Waals surface area contributed by atoms with E-state index < -0.39 is 21.5 Å². The number of carboxylic acid groups (broad SMARTS) is 1. The number of carbonyl (C=O) groups is 1. The summed E-state index contributed by atoms with van der Waals surface area (Å²) in [5.41, 5.74) is -0.307. The molecule has 1 rings (SSSR count). The van der Waals surface area contributed by atoms with Crippen molar-refractivity contribution in [2.75, 3.05) is 0 Å². The topological polar surface area (TPSA) is 91.7 Å². The van der Waals surface area contributed by atoms with Gasteiger partial charge in [0.25, 0.3) is 10.1 Å². The molecule has 17 heavy (non-hydrogen) atoms. The van der Waals surface area contributed by atoms with Crippen LogP contribution >= 0.6 is 0 Å². The lowest BCUT2D eigenvalue weighted by Crippen LogP contribution is -2.17. The molecule has 0 atom stereocenters. The van der Waals surface area contributed by atoms with Crippen molar-refractivity contribution in [1.82, 2.24) is 0 Å². The van der Waals surface area contributed by atoms with Crippen LogP contribution in [-0.4, -0.2) is 24.0 Å². The van der Waals surface area contributed by atoms with Crippen LogP contribution in [0.15, 0.2) is 23.1 Å². The first-order valence-corrected chi connectivity index (χ1v) is 6.33. The van der Waals surface area contributed by atoms with Crippen LogP contribution in [0.2, 0.25) is 0 Å². The van der Waals surface area contributed by atoms with Gasteiger partial charge in [0.1, 0.15) is 0 Å². The lowest BCUT2D eigenvalue weighted by molar-refractivity contribution is 0.0696. The number of hydrogen-bond acceptors (Lipinski definition) is 3. The molecule has 0 aliphatic rings. The van der Waals surface area contributed by atoms with Crippen LogP contribution < -0.4 is 0 Å². The SMILES string of the molecule is CC(C)(C)c1ccc(C(=O)O)cc1S(=O)(=O)O. The molecule has 2 N–H and O–H groups in total. The average Bonchev–Trinajstić information content (AvgIpc) is 2.14. The third kappa shape index (κ3) is 3.04. The van der Waals surface area contributed by atoms with E-state index in [1.54, 1.807) is 20.8 Å². The van der Waals surface area contributed by atoms with E-state index in [-0.39, 0.29) is 10.5 Å². The molecule has 0 aromatic heterocycles. The summed E-state index contributed by atoms with van der Waals surface area (Å²) in [4.78, 5) is 10.4. The second kappa shape index (κ2) is 4.12. The average molecular weight is 258 g/mol. The van der Waals surface area contributed by atoms with Gasteiger partial charge in [0.15, 0.2) is 0 Å². The van der Waals surface area contributed by atoms with Gasteiger partial charge < -0.3 is 5.11 Å². The molecule has 1 aromatic carbocycles. The number of benzene rings is 1. The second-order valence-electron chi connectivity index (χ2n) is 4.74. The van der Waals surface area contributed by atoms with E-state index >= 15 is 0 Å². The third-order valence-corrected chi connectivity index (χ3v) is 3.21. The number of aromatic carboxylic acids is 1. The minimum absolute atomic E-state index is 0.175. The zero-order chi connectivity index (χ0) is 13.4. The highest BCUT2D eigenvalue weighted by Crippen LogP contribution is 2.29. The molecular formula is C11H14O5S. The minimum Gasteiger partial charge on any atom is -0.478 e. The lowest BCUT2D eigenvalue weighted by atomic mass is 9.86. The quantitative estimate of drug-likeness (QED) is 0.791. The molecule has 0 aliphatic carbocycles.